The number of nitrogens with one attached hydrogen (secondary N) is 1. The molecule has 102 valence electrons. The molecule has 0 amide bonds. The third-order valence-corrected chi connectivity index (χ3v) is 3.61. The van der Waals surface area contributed by atoms with Gasteiger partial charge in [0, 0.05) is 18.6 Å². The first-order valence-electron chi connectivity index (χ1n) is 6.07. The zero-order valence-corrected chi connectivity index (χ0v) is 12.6. The lowest BCUT2D eigenvalue weighted by Gasteiger charge is -2.32. The average molecular weight is 271 g/mol. The van der Waals surface area contributed by atoms with Crippen LogP contribution in [0.4, 0.5) is 0 Å². The molecule has 1 aromatic carbocycles. The summed E-state index contributed by atoms with van der Waals surface area (Å²) >= 11 is 6.09. The van der Waals surface area contributed by atoms with Gasteiger partial charge in [-0.1, -0.05) is 17.7 Å². The van der Waals surface area contributed by atoms with Gasteiger partial charge in [-0.05, 0) is 45.6 Å². The lowest BCUT2D eigenvalue weighted by Crippen LogP contribution is -2.46. The Morgan fingerprint density at radius 2 is 2.00 bits per heavy atom. The van der Waals surface area contributed by atoms with E-state index in [1.54, 1.807) is 7.11 Å². The van der Waals surface area contributed by atoms with E-state index >= 15 is 0 Å². The third-order valence-electron chi connectivity index (χ3n) is 3.31. The molecule has 3 nitrogen and oxygen atoms in total. The second-order valence-corrected chi connectivity index (χ2v) is 5.69. The van der Waals surface area contributed by atoms with Crippen LogP contribution in [0.15, 0.2) is 18.2 Å². The molecule has 0 bridgehead atoms. The number of rotatable bonds is 6. The molecule has 0 aliphatic heterocycles. The SMILES string of the molecule is COc1ccc(CNCC(C)(C)N(C)C)cc1Cl. The number of likely N-dealkylation sites (N-methyl/N-ethyl adjacent to an activating group) is 1. The largest absolute Gasteiger partial charge is 0.495 e. The van der Waals surface area contributed by atoms with Crippen molar-refractivity contribution >= 4 is 11.6 Å². The van der Waals surface area contributed by atoms with Gasteiger partial charge in [0.05, 0.1) is 12.1 Å². The standard InChI is InChI=1S/C14H23ClN2O/c1-14(2,17(3)4)10-16-9-11-6-7-13(18-5)12(15)8-11/h6-8,16H,9-10H2,1-5H3. The highest BCUT2D eigenvalue weighted by Gasteiger charge is 2.19. The van der Waals surface area contributed by atoms with Crippen molar-refractivity contribution < 1.29 is 4.74 Å². The Kier molecular flexibility index (Phi) is 5.45. The van der Waals surface area contributed by atoms with Gasteiger partial charge in [0.25, 0.3) is 0 Å². The third kappa shape index (κ3) is 4.16. The molecule has 0 aliphatic carbocycles. The van der Waals surface area contributed by atoms with Crippen molar-refractivity contribution in [2.75, 3.05) is 27.7 Å². The molecule has 0 aromatic heterocycles. The number of methoxy groups -OCH3 is 1. The second-order valence-electron chi connectivity index (χ2n) is 5.28. The van der Waals surface area contributed by atoms with E-state index in [1.807, 2.05) is 18.2 Å². The Labute approximate surface area is 115 Å². The molecule has 1 N–H and O–H groups in total. The van der Waals surface area contributed by atoms with Gasteiger partial charge >= 0.3 is 0 Å². The lowest BCUT2D eigenvalue weighted by molar-refractivity contribution is 0.190. The summed E-state index contributed by atoms with van der Waals surface area (Å²) in [4.78, 5) is 2.21. The summed E-state index contributed by atoms with van der Waals surface area (Å²) in [5.74, 6) is 0.717. The number of benzene rings is 1. The fraction of sp³-hybridized carbons (Fsp3) is 0.571. The van der Waals surface area contributed by atoms with Gasteiger partial charge in [-0.3, -0.25) is 0 Å². The van der Waals surface area contributed by atoms with Crippen LogP contribution in [0.3, 0.4) is 0 Å². The zero-order valence-electron chi connectivity index (χ0n) is 11.9. The minimum absolute atomic E-state index is 0.135. The summed E-state index contributed by atoms with van der Waals surface area (Å²) < 4.78 is 5.13. The van der Waals surface area contributed by atoms with Gasteiger partial charge in [0.2, 0.25) is 0 Å². The van der Waals surface area contributed by atoms with Gasteiger partial charge in [-0.2, -0.15) is 0 Å². The zero-order chi connectivity index (χ0) is 13.8. The summed E-state index contributed by atoms with van der Waals surface area (Å²) in [5, 5.41) is 4.10. The predicted octanol–water partition coefficient (Wildman–Crippen LogP) is 2.78. The molecule has 4 heteroatoms. The number of nitrogens with zero attached hydrogens (tertiary/aromatic N) is 1. The van der Waals surface area contributed by atoms with Crippen LogP contribution in [0.1, 0.15) is 19.4 Å². The van der Waals surface area contributed by atoms with Gasteiger partial charge in [0.15, 0.2) is 0 Å². The van der Waals surface area contributed by atoms with Crippen molar-refractivity contribution in [3.8, 4) is 5.75 Å². The monoisotopic (exact) mass is 270 g/mol. The van der Waals surface area contributed by atoms with Crippen molar-refractivity contribution in [3.63, 3.8) is 0 Å². The molecular weight excluding hydrogens is 248 g/mol. The number of halogens is 1. The van der Waals surface area contributed by atoms with Crippen LogP contribution in [-0.2, 0) is 6.54 Å². The summed E-state index contributed by atoms with van der Waals surface area (Å²) in [6.07, 6.45) is 0. The van der Waals surface area contributed by atoms with Crippen molar-refractivity contribution in [1.82, 2.24) is 10.2 Å². The van der Waals surface area contributed by atoms with Crippen LogP contribution in [-0.4, -0.2) is 38.2 Å². The maximum atomic E-state index is 6.09. The highest BCUT2D eigenvalue weighted by Crippen LogP contribution is 2.24. The van der Waals surface area contributed by atoms with E-state index in [-0.39, 0.29) is 5.54 Å². The molecule has 0 heterocycles. The molecule has 0 spiro atoms. The van der Waals surface area contributed by atoms with Crippen molar-refractivity contribution in [1.29, 1.82) is 0 Å². The Morgan fingerprint density at radius 3 is 2.50 bits per heavy atom. The normalized spacial score (nSPS) is 11.9. The maximum Gasteiger partial charge on any atom is 0.137 e. The highest BCUT2D eigenvalue weighted by atomic mass is 35.5. The van der Waals surface area contributed by atoms with Crippen LogP contribution >= 0.6 is 11.6 Å². The average Bonchev–Trinajstić information content (AvgIpc) is 2.29. The van der Waals surface area contributed by atoms with E-state index < -0.39 is 0 Å². The first kappa shape index (κ1) is 15.3. The van der Waals surface area contributed by atoms with Crippen molar-refractivity contribution in [2.45, 2.75) is 25.9 Å². The molecule has 18 heavy (non-hydrogen) atoms. The topological polar surface area (TPSA) is 24.5 Å². The van der Waals surface area contributed by atoms with Crippen LogP contribution in [0.2, 0.25) is 5.02 Å². The van der Waals surface area contributed by atoms with E-state index in [1.165, 1.54) is 0 Å². The molecule has 1 rings (SSSR count). The number of hydrogen-bond acceptors (Lipinski definition) is 3. The first-order chi connectivity index (χ1) is 8.36. The first-order valence-corrected chi connectivity index (χ1v) is 6.45. The number of ether oxygens (including phenoxy) is 1. The highest BCUT2D eigenvalue weighted by molar-refractivity contribution is 6.32. The molecule has 0 atom stereocenters. The molecule has 0 radical (unpaired) electrons. The lowest BCUT2D eigenvalue weighted by atomic mass is 10.0. The fourth-order valence-electron chi connectivity index (χ4n) is 1.49. The minimum Gasteiger partial charge on any atom is -0.495 e. The van der Waals surface area contributed by atoms with Gasteiger partial charge < -0.3 is 15.0 Å². The van der Waals surface area contributed by atoms with Crippen molar-refractivity contribution in [2.24, 2.45) is 0 Å². The molecule has 0 saturated carbocycles. The van der Waals surface area contributed by atoms with Gasteiger partial charge in [-0.25, -0.2) is 0 Å². The van der Waals surface area contributed by atoms with E-state index in [2.05, 4.69) is 38.2 Å². The van der Waals surface area contributed by atoms with Gasteiger partial charge in [0.1, 0.15) is 5.75 Å². The van der Waals surface area contributed by atoms with Gasteiger partial charge in [-0.15, -0.1) is 0 Å². The Bertz CT molecular complexity index is 391. The molecule has 0 unspecified atom stereocenters. The maximum absolute atomic E-state index is 6.09. The molecular formula is C14H23ClN2O. The van der Waals surface area contributed by atoms with E-state index in [0.717, 1.165) is 18.7 Å². The van der Waals surface area contributed by atoms with Crippen LogP contribution in [0.25, 0.3) is 0 Å². The second kappa shape index (κ2) is 6.41. The summed E-state index contributed by atoms with van der Waals surface area (Å²) in [7, 11) is 5.80. The van der Waals surface area contributed by atoms with E-state index in [4.69, 9.17) is 16.3 Å². The molecule has 0 saturated heterocycles. The Balaban J connectivity index is 2.52. The predicted molar refractivity (Wildman–Crippen MR) is 77.5 cm³/mol. The smallest absolute Gasteiger partial charge is 0.137 e. The molecule has 0 aliphatic rings. The Morgan fingerprint density at radius 1 is 1.33 bits per heavy atom. The molecule has 0 fully saturated rings. The van der Waals surface area contributed by atoms with Crippen molar-refractivity contribution in [3.05, 3.63) is 28.8 Å². The number of hydrogen-bond donors (Lipinski definition) is 1. The quantitative estimate of drug-likeness (QED) is 0.860. The summed E-state index contributed by atoms with van der Waals surface area (Å²) in [6.45, 7) is 6.15. The van der Waals surface area contributed by atoms with Crippen LogP contribution < -0.4 is 10.1 Å². The van der Waals surface area contributed by atoms with Crippen LogP contribution in [0.5, 0.6) is 5.75 Å². The summed E-state index contributed by atoms with van der Waals surface area (Å²) in [5.41, 5.74) is 1.30. The minimum atomic E-state index is 0.135. The molecule has 1 aromatic rings. The van der Waals surface area contributed by atoms with E-state index in [9.17, 15) is 0 Å². The summed E-state index contributed by atoms with van der Waals surface area (Å²) in [6, 6.07) is 5.87. The Hall–Kier alpha value is -0.770. The fourth-order valence-corrected chi connectivity index (χ4v) is 1.77. The van der Waals surface area contributed by atoms with Crippen LogP contribution in [0, 0.1) is 0 Å². The van der Waals surface area contributed by atoms with E-state index in [0.29, 0.717) is 10.8 Å².